The molecule has 0 aliphatic carbocycles. The molecule has 210 valence electrons. The summed E-state index contributed by atoms with van der Waals surface area (Å²) in [5.41, 5.74) is -0.176. The van der Waals surface area contributed by atoms with Gasteiger partial charge in [-0.05, 0) is 6.07 Å². The zero-order chi connectivity index (χ0) is 29.0. The maximum atomic E-state index is 12.3. The van der Waals surface area contributed by atoms with Crippen LogP contribution in [0.1, 0.15) is 32.5 Å². The summed E-state index contributed by atoms with van der Waals surface area (Å²) in [7, 11) is 0. The van der Waals surface area contributed by atoms with Crippen LogP contribution in [0, 0.1) is 11.3 Å². The van der Waals surface area contributed by atoms with Crippen LogP contribution in [0.3, 0.4) is 0 Å². The molecular weight excluding hydrogens is 607 g/mol. The molecule has 13 nitrogen and oxygen atoms in total. The lowest BCUT2D eigenvalue weighted by atomic mass is 9.96. The van der Waals surface area contributed by atoms with Gasteiger partial charge in [-0.25, -0.2) is 14.6 Å². The number of pyridine rings is 1. The first-order chi connectivity index (χ1) is 19.0. The SMILES string of the molecule is CC(=O)OCC1O[C@H](Sc2cc(Cl)cnc2C#N)[C@@H](OC(C)=O)C(n2cc(-c3csc(Cl)n3)nn2)[C@H]1OC(C)=O. The molecule has 0 saturated carbocycles. The molecule has 17 heteroatoms. The Morgan fingerprint density at radius 2 is 1.88 bits per heavy atom. The summed E-state index contributed by atoms with van der Waals surface area (Å²) in [5, 5.41) is 19.9. The Bertz CT molecular complexity index is 1460. The highest BCUT2D eigenvalue weighted by Crippen LogP contribution is 2.42. The van der Waals surface area contributed by atoms with Crippen LogP contribution in [0.5, 0.6) is 0 Å². The van der Waals surface area contributed by atoms with Gasteiger partial charge in [-0.1, -0.05) is 40.2 Å². The van der Waals surface area contributed by atoms with Crippen molar-refractivity contribution in [3.63, 3.8) is 0 Å². The van der Waals surface area contributed by atoms with E-state index in [-0.39, 0.29) is 17.3 Å². The average Bonchev–Trinajstić information content (AvgIpc) is 3.53. The maximum absolute atomic E-state index is 12.3. The van der Waals surface area contributed by atoms with E-state index in [9.17, 15) is 19.6 Å². The molecule has 0 bridgehead atoms. The predicted molar refractivity (Wildman–Crippen MR) is 141 cm³/mol. The van der Waals surface area contributed by atoms with Crippen molar-refractivity contribution in [2.45, 2.75) is 55.5 Å². The molecule has 1 saturated heterocycles. The Kier molecular flexibility index (Phi) is 9.59. The molecule has 0 radical (unpaired) electrons. The lowest BCUT2D eigenvalue weighted by Crippen LogP contribution is -2.57. The van der Waals surface area contributed by atoms with Crippen molar-refractivity contribution in [2.24, 2.45) is 0 Å². The molecule has 3 aromatic rings. The molecule has 4 heterocycles. The molecule has 0 aromatic carbocycles. The van der Waals surface area contributed by atoms with Crippen molar-refractivity contribution in [1.82, 2.24) is 25.0 Å². The van der Waals surface area contributed by atoms with Gasteiger partial charge in [0.2, 0.25) is 0 Å². The fraction of sp³-hybridized carbons (Fsp3) is 0.391. The lowest BCUT2D eigenvalue weighted by molar-refractivity contribution is -0.212. The first-order valence-electron chi connectivity index (χ1n) is 11.4. The van der Waals surface area contributed by atoms with Crippen LogP contribution in [-0.4, -0.2) is 73.2 Å². The van der Waals surface area contributed by atoms with Crippen LogP contribution in [0.4, 0.5) is 0 Å². The normalized spacial score (nSPS) is 22.2. The van der Waals surface area contributed by atoms with Crippen molar-refractivity contribution in [3.05, 3.63) is 39.0 Å². The summed E-state index contributed by atoms with van der Waals surface area (Å²) in [6, 6.07) is 2.48. The average molecular weight is 627 g/mol. The third-order valence-corrected chi connectivity index (χ3v) is 7.76. The van der Waals surface area contributed by atoms with E-state index in [1.165, 1.54) is 55.2 Å². The second kappa shape index (κ2) is 12.9. The molecule has 0 spiro atoms. The van der Waals surface area contributed by atoms with Gasteiger partial charge in [0.15, 0.2) is 22.4 Å². The summed E-state index contributed by atoms with van der Waals surface area (Å²) in [5.74, 6) is -1.93. The molecule has 0 amide bonds. The van der Waals surface area contributed by atoms with E-state index in [4.69, 9.17) is 42.1 Å². The maximum Gasteiger partial charge on any atom is 0.303 e. The first kappa shape index (κ1) is 29.7. The number of hydrogen-bond acceptors (Lipinski definition) is 14. The van der Waals surface area contributed by atoms with Gasteiger partial charge >= 0.3 is 17.9 Å². The predicted octanol–water partition coefficient (Wildman–Crippen LogP) is 3.46. The van der Waals surface area contributed by atoms with Crippen molar-refractivity contribution < 1.29 is 33.3 Å². The molecule has 0 N–H and O–H groups in total. The number of rotatable bonds is 8. The third kappa shape index (κ3) is 7.07. The number of carbonyl (C=O) groups is 3. The highest BCUT2D eigenvalue weighted by Gasteiger charge is 2.52. The fourth-order valence-corrected chi connectivity index (χ4v) is 6.09. The van der Waals surface area contributed by atoms with E-state index >= 15 is 0 Å². The number of thioether (sulfide) groups is 1. The molecule has 5 atom stereocenters. The van der Waals surface area contributed by atoms with E-state index in [0.29, 0.717) is 20.8 Å². The standard InChI is InChI=1S/C23H20Cl2N6O7S2/c1-10(32)35-8-17-20(36-11(2)33)19(31-7-15(29-30-31)16-9-39-23(25)28-16)21(37-12(3)34)22(38-17)40-18-4-13(24)6-27-14(18)5-26/h4,6-7,9,17,19-22H,8H2,1-3H3/t17?,19?,20-,21-,22+/m0/s1. The second-order valence-electron chi connectivity index (χ2n) is 8.28. The first-order valence-corrected chi connectivity index (χ1v) is 14.0. The smallest absolute Gasteiger partial charge is 0.303 e. The molecule has 1 fully saturated rings. The Labute approximate surface area is 245 Å². The Balaban J connectivity index is 1.82. The summed E-state index contributed by atoms with van der Waals surface area (Å²) in [6.45, 7) is 3.31. The summed E-state index contributed by atoms with van der Waals surface area (Å²) in [4.78, 5) is 44.7. The number of hydrogen-bond donors (Lipinski definition) is 0. The Morgan fingerprint density at radius 1 is 1.15 bits per heavy atom. The zero-order valence-corrected chi connectivity index (χ0v) is 24.2. The third-order valence-electron chi connectivity index (χ3n) is 5.39. The van der Waals surface area contributed by atoms with Crippen LogP contribution in [0.15, 0.2) is 28.7 Å². The van der Waals surface area contributed by atoms with Gasteiger partial charge in [-0.2, -0.15) is 5.26 Å². The largest absolute Gasteiger partial charge is 0.463 e. The van der Waals surface area contributed by atoms with Crippen LogP contribution < -0.4 is 0 Å². The van der Waals surface area contributed by atoms with Crippen LogP contribution >= 0.6 is 46.3 Å². The van der Waals surface area contributed by atoms with E-state index in [1.54, 1.807) is 5.38 Å². The number of ether oxygens (including phenoxy) is 4. The van der Waals surface area contributed by atoms with Crippen molar-refractivity contribution in [3.8, 4) is 17.5 Å². The quantitative estimate of drug-likeness (QED) is 0.263. The van der Waals surface area contributed by atoms with E-state index in [0.717, 1.165) is 11.8 Å². The number of aromatic nitrogens is 5. The Morgan fingerprint density at radius 3 is 2.50 bits per heavy atom. The summed E-state index contributed by atoms with van der Waals surface area (Å²) in [6.07, 6.45) is -0.499. The highest BCUT2D eigenvalue weighted by atomic mass is 35.5. The number of thiazole rings is 1. The molecule has 1 aliphatic heterocycles. The van der Waals surface area contributed by atoms with Crippen molar-refractivity contribution >= 4 is 64.2 Å². The summed E-state index contributed by atoms with van der Waals surface area (Å²) < 4.78 is 24.4. The molecule has 4 rings (SSSR count). The van der Waals surface area contributed by atoms with E-state index in [1.807, 2.05) is 6.07 Å². The Hall–Kier alpha value is -3.29. The minimum Gasteiger partial charge on any atom is -0.463 e. The van der Waals surface area contributed by atoms with Gasteiger partial charge in [-0.15, -0.1) is 16.4 Å². The van der Waals surface area contributed by atoms with E-state index in [2.05, 4.69) is 20.3 Å². The van der Waals surface area contributed by atoms with Crippen LogP contribution in [0.2, 0.25) is 9.49 Å². The van der Waals surface area contributed by atoms with Gasteiger partial charge in [0, 0.05) is 37.2 Å². The van der Waals surface area contributed by atoms with E-state index < -0.39 is 47.7 Å². The topological polar surface area (TPSA) is 168 Å². The number of esters is 3. The zero-order valence-electron chi connectivity index (χ0n) is 21.0. The van der Waals surface area contributed by atoms with Gasteiger partial charge < -0.3 is 18.9 Å². The van der Waals surface area contributed by atoms with Crippen LogP contribution in [0.25, 0.3) is 11.4 Å². The van der Waals surface area contributed by atoms with Gasteiger partial charge in [-0.3, -0.25) is 14.4 Å². The number of carbonyl (C=O) groups excluding carboxylic acids is 3. The molecule has 3 aromatic heterocycles. The van der Waals surface area contributed by atoms with Gasteiger partial charge in [0.05, 0.1) is 11.2 Å². The van der Waals surface area contributed by atoms with Gasteiger partial charge in [0.25, 0.3) is 0 Å². The lowest BCUT2D eigenvalue weighted by Gasteiger charge is -2.44. The van der Waals surface area contributed by atoms with Crippen molar-refractivity contribution in [1.29, 1.82) is 5.26 Å². The minimum atomic E-state index is -1.15. The summed E-state index contributed by atoms with van der Waals surface area (Å²) >= 11 is 14.3. The van der Waals surface area contributed by atoms with Gasteiger partial charge in [0.1, 0.15) is 41.6 Å². The second-order valence-corrected chi connectivity index (χ2v) is 11.3. The molecule has 2 unspecified atom stereocenters. The highest BCUT2D eigenvalue weighted by molar-refractivity contribution is 7.99. The minimum absolute atomic E-state index is 0.0539. The number of halogens is 2. The monoisotopic (exact) mass is 626 g/mol. The molecule has 1 aliphatic rings. The molecule has 40 heavy (non-hydrogen) atoms. The number of nitrogens with zero attached hydrogens (tertiary/aromatic N) is 6. The number of nitriles is 1. The van der Waals surface area contributed by atoms with Crippen LogP contribution in [-0.2, 0) is 33.3 Å². The van der Waals surface area contributed by atoms with Crippen molar-refractivity contribution in [2.75, 3.05) is 6.61 Å². The molecular formula is C23H20Cl2N6O7S2. The fourth-order valence-electron chi connectivity index (χ4n) is 3.91.